The van der Waals surface area contributed by atoms with Gasteiger partial charge in [0.15, 0.2) is 0 Å². The Morgan fingerprint density at radius 2 is 2.08 bits per heavy atom. The molecule has 3 aliphatic carbocycles. The molecule has 5 rings (SSSR count). The molecule has 208 valence electrons. The van der Waals surface area contributed by atoms with Gasteiger partial charge in [-0.05, 0) is 98.5 Å². The maximum Gasteiger partial charge on any atom is 0.407 e. The maximum absolute atomic E-state index is 13.8. The van der Waals surface area contributed by atoms with Crippen molar-refractivity contribution in [2.24, 2.45) is 35.0 Å². The van der Waals surface area contributed by atoms with Crippen LogP contribution in [-0.2, 0) is 14.3 Å². The molecular formula is C32H44FNO4. The second kappa shape index (κ2) is 10.7. The van der Waals surface area contributed by atoms with E-state index >= 15 is 0 Å². The van der Waals surface area contributed by atoms with Gasteiger partial charge >= 0.3 is 12.1 Å². The molecule has 1 heterocycles. The number of hydrogen-bond acceptors (Lipinski definition) is 4. The molecule has 0 aromatic heterocycles. The Morgan fingerprint density at radius 3 is 2.82 bits per heavy atom. The van der Waals surface area contributed by atoms with E-state index in [2.05, 4.69) is 43.5 Å². The molecule has 1 aromatic carbocycles. The van der Waals surface area contributed by atoms with E-state index in [0.29, 0.717) is 18.4 Å². The summed E-state index contributed by atoms with van der Waals surface area (Å²) in [6.07, 6.45) is 12.9. The molecule has 0 radical (unpaired) electrons. The fourth-order valence-corrected chi connectivity index (χ4v) is 7.68. The predicted octanol–water partition coefficient (Wildman–Crippen LogP) is 7.34. The van der Waals surface area contributed by atoms with Crippen LogP contribution in [0.1, 0.15) is 68.2 Å². The van der Waals surface area contributed by atoms with Crippen LogP contribution >= 0.6 is 0 Å². The van der Waals surface area contributed by atoms with Crippen LogP contribution in [0.5, 0.6) is 0 Å². The van der Waals surface area contributed by atoms with Crippen LogP contribution in [0.25, 0.3) is 5.57 Å². The van der Waals surface area contributed by atoms with Crippen LogP contribution in [-0.4, -0.2) is 30.8 Å². The first-order valence-corrected chi connectivity index (χ1v) is 14.2. The number of cyclic esters (lactones) is 1. The van der Waals surface area contributed by atoms with E-state index < -0.39 is 0 Å². The van der Waals surface area contributed by atoms with Gasteiger partial charge in [0.05, 0.1) is 12.5 Å². The molecule has 1 aliphatic heterocycles. The molecule has 3 fully saturated rings. The van der Waals surface area contributed by atoms with Gasteiger partial charge in [0.2, 0.25) is 0 Å². The van der Waals surface area contributed by atoms with Gasteiger partial charge in [-0.1, -0.05) is 50.3 Å². The lowest BCUT2D eigenvalue weighted by Gasteiger charge is -2.52. The van der Waals surface area contributed by atoms with E-state index in [4.69, 9.17) is 9.47 Å². The third-order valence-corrected chi connectivity index (χ3v) is 9.79. The first-order chi connectivity index (χ1) is 18.2. The number of benzene rings is 1. The first-order valence-electron chi connectivity index (χ1n) is 14.2. The van der Waals surface area contributed by atoms with E-state index in [1.165, 1.54) is 11.6 Å². The van der Waals surface area contributed by atoms with E-state index in [1.54, 1.807) is 12.1 Å². The number of nitrogens with one attached hydrogen (secondary N) is 1. The predicted molar refractivity (Wildman–Crippen MR) is 150 cm³/mol. The summed E-state index contributed by atoms with van der Waals surface area (Å²) in [6, 6.07) is 6.89. The Morgan fingerprint density at radius 1 is 1.26 bits per heavy atom. The lowest BCUT2D eigenvalue weighted by molar-refractivity contribution is -0.144. The largest absolute Gasteiger partial charge is 0.462 e. The lowest BCUT2D eigenvalue weighted by atomic mass is 9.50. The summed E-state index contributed by atoms with van der Waals surface area (Å²) in [5.74, 6) is 0.850. The monoisotopic (exact) mass is 525 g/mol. The van der Waals surface area contributed by atoms with Gasteiger partial charge in [0.1, 0.15) is 11.9 Å². The van der Waals surface area contributed by atoms with E-state index in [-0.39, 0.29) is 56.0 Å². The Labute approximate surface area is 228 Å². The van der Waals surface area contributed by atoms with Crippen molar-refractivity contribution in [3.05, 3.63) is 65.5 Å². The highest BCUT2D eigenvalue weighted by molar-refractivity contribution is 5.77. The van der Waals surface area contributed by atoms with E-state index in [0.717, 1.165) is 43.2 Å². The van der Waals surface area contributed by atoms with E-state index in [9.17, 15) is 14.0 Å². The molecule has 1 amide bonds. The summed E-state index contributed by atoms with van der Waals surface area (Å²) in [7, 11) is 0. The van der Waals surface area contributed by atoms with Crippen molar-refractivity contribution in [1.29, 1.82) is 0 Å². The number of halogens is 1. The summed E-state index contributed by atoms with van der Waals surface area (Å²) in [5, 5.41) is 3.03. The molecule has 4 aliphatic rings. The number of carbonyl (C=O) groups is 2. The molecule has 6 heteroatoms. The Balaban J connectivity index is 0.00000220. The molecule has 38 heavy (non-hydrogen) atoms. The zero-order valence-corrected chi connectivity index (χ0v) is 22.9. The molecule has 1 unspecified atom stereocenters. The number of allylic oxidation sites excluding steroid dienone is 6. The number of fused-ring (bicyclic) bond motifs is 2. The fourth-order valence-electron chi connectivity index (χ4n) is 7.68. The Hall–Kier alpha value is -2.89. The van der Waals surface area contributed by atoms with Crippen molar-refractivity contribution in [2.75, 3.05) is 6.61 Å². The normalized spacial score (nSPS) is 36.6. The van der Waals surface area contributed by atoms with Crippen LogP contribution in [0.2, 0.25) is 0 Å². The van der Waals surface area contributed by atoms with Crippen LogP contribution in [0.3, 0.4) is 0 Å². The van der Waals surface area contributed by atoms with Crippen molar-refractivity contribution in [3.8, 4) is 0 Å². The SMILES string of the molecule is CCOC(=O)N[C@@H]1CC[C@@H]2[C@@H](C1)C[C@@H]1C(=O)O[C@H](C)[C@@]1(C)[C@H]2/C=C/C1=CC=C(c2cccc(F)c2)C(C)C1.[HH].[HH]. The molecule has 5 nitrogen and oxygen atoms in total. The van der Waals surface area contributed by atoms with Crippen molar-refractivity contribution in [2.45, 2.75) is 71.9 Å². The van der Waals surface area contributed by atoms with Gasteiger partial charge in [0.25, 0.3) is 0 Å². The summed E-state index contributed by atoms with van der Waals surface area (Å²) in [4.78, 5) is 25.0. The molecule has 2 saturated carbocycles. The standard InChI is InChI=1S/C32H40FNO4.2H2/c1-5-37-31(36)34-25-11-13-27-23(17-25)18-29-30(35)38-20(3)32(29,4)28(27)14-10-21-9-12-26(19(2)15-21)22-7-6-8-24(33)16-22;;/h6-10,12,14,16,19-20,23,25,27-29H,5,11,13,15,17-18H2,1-4H3,(H,34,36);2*1H/b14-10+;;/t19?,20-,23+,25-,27-,28+,29-,32+;;/m1../s1. The Bertz CT molecular complexity index is 1180. The van der Waals surface area contributed by atoms with Crippen molar-refractivity contribution < 1.29 is 26.3 Å². The number of rotatable bonds is 5. The molecular weight excluding hydrogens is 481 g/mol. The average molecular weight is 526 g/mol. The van der Waals surface area contributed by atoms with Crippen molar-refractivity contribution >= 4 is 17.6 Å². The van der Waals surface area contributed by atoms with Crippen LogP contribution in [0.15, 0.2) is 54.1 Å². The van der Waals surface area contributed by atoms with Crippen LogP contribution in [0, 0.1) is 40.8 Å². The van der Waals surface area contributed by atoms with Gasteiger partial charge in [-0.15, -0.1) is 0 Å². The molecule has 0 bridgehead atoms. The minimum absolute atomic E-state index is 0. The summed E-state index contributed by atoms with van der Waals surface area (Å²) in [5.41, 5.74) is 3.09. The number of amides is 1. The Kier molecular flexibility index (Phi) is 7.52. The second-order valence-corrected chi connectivity index (χ2v) is 11.9. The first kappa shape index (κ1) is 26.7. The van der Waals surface area contributed by atoms with Gasteiger partial charge in [-0.2, -0.15) is 0 Å². The molecule has 1 aromatic rings. The van der Waals surface area contributed by atoms with Gasteiger partial charge in [-0.3, -0.25) is 4.79 Å². The highest BCUT2D eigenvalue weighted by Crippen LogP contribution is 2.60. The minimum atomic E-state index is -0.356. The molecule has 1 N–H and O–H groups in total. The number of ether oxygens (including phenoxy) is 2. The lowest BCUT2D eigenvalue weighted by Crippen LogP contribution is -2.53. The molecule has 0 spiro atoms. The zero-order valence-electron chi connectivity index (χ0n) is 22.9. The highest BCUT2D eigenvalue weighted by Gasteiger charge is 2.62. The maximum atomic E-state index is 13.8. The van der Waals surface area contributed by atoms with Crippen molar-refractivity contribution in [3.63, 3.8) is 0 Å². The molecule has 8 atom stereocenters. The molecule has 1 saturated heterocycles. The van der Waals surface area contributed by atoms with Crippen LogP contribution in [0.4, 0.5) is 9.18 Å². The second-order valence-electron chi connectivity index (χ2n) is 11.9. The van der Waals surface area contributed by atoms with Gasteiger partial charge in [0, 0.05) is 14.3 Å². The quantitative estimate of drug-likeness (QED) is 0.409. The highest BCUT2D eigenvalue weighted by atomic mass is 19.1. The third kappa shape index (κ3) is 4.94. The fraction of sp³-hybridized carbons (Fsp3) is 0.562. The summed E-state index contributed by atoms with van der Waals surface area (Å²) < 4.78 is 24.7. The number of carbonyl (C=O) groups excluding carboxylic acids is 2. The van der Waals surface area contributed by atoms with Gasteiger partial charge in [-0.25, -0.2) is 9.18 Å². The number of hydrogen-bond donors (Lipinski definition) is 1. The number of esters is 1. The average Bonchev–Trinajstić information content (AvgIpc) is 3.09. The van der Waals surface area contributed by atoms with E-state index in [1.807, 2.05) is 19.9 Å². The minimum Gasteiger partial charge on any atom is -0.462 e. The summed E-state index contributed by atoms with van der Waals surface area (Å²) >= 11 is 0. The van der Waals surface area contributed by atoms with Crippen LogP contribution < -0.4 is 5.32 Å². The van der Waals surface area contributed by atoms with Gasteiger partial charge < -0.3 is 14.8 Å². The zero-order chi connectivity index (χ0) is 27.0. The smallest absolute Gasteiger partial charge is 0.407 e. The number of alkyl carbamates (subject to hydrolysis) is 1. The third-order valence-electron chi connectivity index (χ3n) is 9.79. The summed E-state index contributed by atoms with van der Waals surface area (Å²) in [6.45, 7) is 8.64. The topological polar surface area (TPSA) is 64.6 Å². The van der Waals surface area contributed by atoms with Crippen molar-refractivity contribution in [1.82, 2.24) is 5.32 Å².